The van der Waals surface area contributed by atoms with E-state index in [-0.39, 0.29) is 11.6 Å². The maximum Gasteiger partial charge on any atom is 0.317 e. The molecule has 0 aromatic rings. The fourth-order valence-corrected chi connectivity index (χ4v) is 2.52. The van der Waals surface area contributed by atoms with Crippen LogP contribution in [0.2, 0.25) is 0 Å². The molecule has 1 N–H and O–H groups in total. The van der Waals surface area contributed by atoms with Crippen molar-refractivity contribution in [3.05, 3.63) is 0 Å². The number of carbonyl (C=O) groups excluding carboxylic acids is 1. The lowest BCUT2D eigenvalue weighted by Gasteiger charge is -2.32. The SMILES string of the molecule is CC(C)(C)N1CC[C@H](NC(=O)N2CCOCC2)C1. The molecule has 0 radical (unpaired) electrons. The Balaban J connectivity index is 1.78. The molecule has 2 aliphatic heterocycles. The van der Waals surface area contributed by atoms with Gasteiger partial charge < -0.3 is 15.0 Å². The summed E-state index contributed by atoms with van der Waals surface area (Å²) in [5.74, 6) is 0. The maximum atomic E-state index is 12.1. The molecule has 5 heteroatoms. The summed E-state index contributed by atoms with van der Waals surface area (Å²) in [6, 6.07) is 0.360. The van der Waals surface area contributed by atoms with Crippen LogP contribution in [-0.2, 0) is 4.74 Å². The molecule has 1 atom stereocenters. The van der Waals surface area contributed by atoms with Crippen molar-refractivity contribution < 1.29 is 9.53 Å². The van der Waals surface area contributed by atoms with Gasteiger partial charge in [0.05, 0.1) is 13.2 Å². The van der Waals surface area contributed by atoms with E-state index in [9.17, 15) is 4.79 Å². The number of hydrogen-bond donors (Lipinski definition) is 1. The molecule has 2 heterocycles. The van der Waals surface area contributed by atoms with Gasteiger partial charge >= 0.3 is 6.03 Å². The Kier molecular flexibility index (Phi) is 4.12. The van der Waals surface area contributed by atoms with Crippen LogP contribution >= 0.6 is 0 Å². The molecule has 2 aliphatic rings. The predicted molar refractivity (Wildman–Crippen MR) is 70.7 cm³/mol. The van der Waals surface area contributed by atoms with Crippen LogP contribution < -0.4 is 5.32 Å². The molecular formula is C13H25N3O2. The van der Waals surface area contributed by atoms with Crippen molar-refractivity contribution in [2.45, 2.75) is 38.8 Å². The third-order valence-corrected chi connectivity index (χ3v) is 3.76. The van der Waals surface area contributed by atoms with E-state index in [0.717, 1.165) is 19.5 Å². The van der Waals surface area contributed by atoms with Gasteiger partial charge in [0.1, 0.15) is 0 Å². The number of amides is 2. The van der Waals surface area contributed by atoms with E-state index < -0.39 is 0 Å². The van der Waals surface area contributed by atoms with Gasteiger partial charge in [0, 0.05) is 37.8 Å². The number of carbonyl (C=O) groups is 1. The summed E-state index contributed by atoms with van der Waals surface area (Å²) in [7, 11) is 0. The molecule has 18 heavy (non-hydrogen) atoms. The van der Waals surface area contributed by atoms with Crippen molar-refractivity contribution in [2.75, 3.05) is 39.4 Å². The van der Waals surface area contributed by atoms with Crippen molar-refractivity contribution in [3.8, 4) is 0 Å². The minimum atomic E-state index is 0.0686. The molecule has 2 rings (SSSR count). The maximum absolute atomic E-state index is 12.1. The van der Waals surface area contributed by atoms with Gasteiger partial charge in [-0.2, -0.15) is 0 Å². The van der Waals surface area contributed by atoms with Gasteiger partial charge in [-0.3, -0.25) is 4.90 Å². The first-order chi connectivity index (χ1) is 8.47. The van der Waals surface area contributed by atoms with E-state index in [1.54, 1.807) is 0 Å². The van der Waals surface area contributed by atoms with Gasteiger partial charge in [0.2, 0.25) is 0 Å². The second-order valence-electron chi connectivity index (χ2n) is 6.15. The molecular weight excluding hydrogens is 230 g/mol. The summed E-state index contributed by atoms with van der Waals surface area (Å²) in [6.07, 6.45) is 1.05. The van der Waals surface area contributed by atoms with Gasteiger partial charge in [-0.25, -0.2) is 4.79 Å². The largest absolute Gasteiger partial charge is 0.378 e. The lowest BCUT2D eigenvalue weighted by Crippen LogP contribution is -2.50. The van der Waals surface area contributed by atoms with Crippen LogP contribution in [0.3, 0.4) is 0 Å². The third kappa shape index (κ3) is 3.36. The van der Waals surface area contributed by atoms with Gasteiger partial charge in [0.15, 0.2) is 0 Å². The Bertz CT molecular complexity index is 295. The lowest BCUT2D eigenvalue weighted by atomic mass is 10.1. The standard InChI is InChI=1S/C13H25N3O2/c1-13(2,3)16-5-4-11(10-16)14-12(17)15-6-8-18-9-7-15/h11H,4-10H2,1-3H3,(H,14,17)/t11-/m0/s1. The summed E-state index contributed by atoms with van der Waals surface area (Å²) in [5.41, 5.74) is 0.193. The highest BCUT2D eigenvalue weighted by molar-refractivity contribution is 5.74. The van der Waals surface area contributed by atoms with Crippen molar-refractivity contribution in [1.82, 2.24) is 15.1 Å². The first kappa shape index (κ1) is 13.6. The molecule has 5 nitrogen and oxygen atoms in total. The first-order valence-electron chi connectivity index (χ1n) is 6.85. The summed E-state index contributed by atoms with van der Waals surface area (Å²) in [4.78, 5) is 16.3. The molecule has 0 aromatic carbocycles. The molecule has 104 valence electrons. The Hall–Kier alpha value is -0.810. The van der Waals surface area contributed by atoms with Crippen LogP contribution in [0.15, 0.2) is 0 Å². The quantitative estimate of drug-likeness (QED) is 0.757. The molecule has 0 saturated carbocycles. The Morgan fingerprint density at radius 2 is 1.89 bits per heavy atom. The number of nitrogens with one attached hydrogen (secondary N) is 1. The average molecular weight is 255 g/mol. The number of hydrogen-bond acceptors (Lipinski definition) is 3. The lowest BCUT2D eigenvalue weighted by molar-refractivity contribution is 0.0524. The smallest absolute Gasteiger partial charge is 0.317 e. The van der Waals surface area contributed by atoms with E-state index in [2.05, 4.69) is 31.0 Å². The van der Waals surface area contributed by atoms with Crippen molar-refractivity contribution in [3.63, 3.8) is 0 Å². The van der Waals surface area contributed by atoms with Crippen LogP contribution in [0.5, 0.6) is 0 Å². The minimum absolute atomic E-state index is 0.0686. The van der Waals surface area contributed by atoms with Gasteiger partial charge in [-0.05, 0) is 27.2 Å². The Morgan fingerprint density at radius 3 is 2.44 bits per heavy atom. The highest BCUT2D eigenvalue weighted by Crippen LogP contribution is 2.20. The van der Waals surface area contributed by atoms with Crippen LogP contribution in [-0.4, -0.2) is 66.8 Å². The normalized spacial score (nSPS) is 26.4. The number of rotatable bonds is 1. The fourth-order valence-electron chi connectivity index (χ4n) is 2.52. The summed E-state index contributed by atoms with van der Waals surface area (Å²) in [6.45, 7) is 11.4. The van der Waals surface area contributed by atoms with Crippen LogP contribution in [0.25, 0.3) is 0 Å². The highest BCUT2D eigenvalue weighted by Gasteiger charge is 2.31. The van der Waals surface area contributed by atoms with E-state index in [1.807, 2.05) is 4.90 Å². The van der Waals surface area contributed by atoms with Gasteiger partial charge in [-0.15, -0.1) is 0 Å². The molecule has 0 aliphatic carbocycles. The zero-order valence-electron chi connectivity index (χ0n) is 11.7. The van der Waals surface area contributed by atoms with Gasteiger partial charge in [0.25, 0.3) is 0 Å². The number of likely N-dealkylation sites (tertiary alicyclic amines) is 1. The zero-order valence-corrected chi connectivity index (χ0v) is 11.7. The molecule has 0 bridgehead atoms. The number of ether oxygens (including phenoxy) is 1. The Labute approximate surface area is 109 Å². The molecule has 0 unspecified atom stereocenters. The molecule has 0 aromatic heterocycles. The van der Waals surface area contributed by atoms with E-state index in [1.165, 1.54) is 0 Å². The highest BCUT2D eigenvalue weighted by atomic mass is 16.5. The van der Waals surface area contributed by atoms with Crippen LogP contribution in [0.1, 0.15) is 27.2 Å². The van der Waals surface area contributed by atoms with E-state index >= 15 is 0 Å². The van der Waals surface area contributed by atoms with E-state index in [4.69, 9.17) is 4.74 Å². The van der Waals surface area contributed by atoms with Crippen molar-refractivity contribution in [2.24, 2.45) is 0 Å². The van der Waals surface area contributed by atoms with Crippen LogP contribution in [0, 0.1) is 0 Å². The van der Waals surface area contributed by atoms with Crippen molar-refractivity contribution in [1.29, 1.82) is 0 Å². The monoisotopic (exact) mass is 255 g/mol. The fraction of sp³-hybridized carbons (Fsp3) is 0.923. The summed E-state index contributed by atoms with van der Waals surface area (Å²) >= 11 is 0. The number of urea groups is 1. The van der Waals surface area contributed by atoms with Crippen molar-refractivity contribution >= 4 is 6.03 Å². The van der Waals surface area contributed by atoms with Crippen LogP contribution in [0.4, 0.5) is 4.79 Å². The minimum Gasteiger partial charge on any atom is -0.378 e. The average Bonchev–Trinajstić information content (AvgIpc) is 2.78. The molecule has 0 spiro atoms. The second-order valence-corrected chi connectivity index (χ2v) is 6.15. The predicted octanol–water partition coefficient (Wildman–Crippen LogP) is 0.901. The Morgan fingerprint density at radius 1 is 1.22 bits per heavy atom. The third-order valence-electron chi connectivity index (χ3n) is 3.76. The molecule has 2 fully saturated rings. The van der Waals surface area contributed by atoms with Gasteiger partial charge in [-0.1, -0.05) is 0 Å². The topological polar surface area (TPSA) is 44.8 Å². The summed E-state index contributed by atoms with van der Waals surface area (Å²) < 4.78 is 5.25. The zero-order chi connectivity index (χ0) is 13.2. The second kappa shape index (κ2) is 5.45. The molecule has 2 saturated heterocycles. The first-order valence-corrected chi connectivity index (χ1v) is 6.85. The number of nitrogens with zero attached hydrogens (tertiary/aromatic N) is 2. The summed E-state index contributed by atoms with van der Waals surface area (Å²) in [5, 5.41) is 3.14. The number of morpholine rings is 1. The molecule has 2 amide bonds. The van der Waals surface area contributed by atoms with E-state index in [0.29, 0.717) is 32.3 Å².